The van der Waals surface area contributed by atoms with Crippen LogP contribution in [0.15, 0.2) is 12.3 Å². The van der Waals surface area contributed by atoms with E-state index in [1.54, 1.807) is 0 Å². The summed E-state index contributed by atoms with van der Waals surface area (Å²) in [4.78, 5) is 11.7. The van der Waals surface area contributed by atoms with Crippen molar-refractivity contribution in [2.45, 2.75) is 45.1 Å². The molecule has 1 aliphatic rings. The fourth-order valence-electron chi connectivity index (χ4n) is 1.51. The maximum atomic E-state index is 11.7. The molecule has 0 fully saturated rings. The number of unbranched alkanes of at least 4 members (excludes halogenated alkanes) is 1. The topological polar surface area (TPSA) is 53.0 Å². The van der Waals surface area contributed by atoms with Crippen molar-refractivity contribution in [1.29, 1.82) is 5.41 Å². The molecule has 0 radical (unpaired) electrons. The fraction of sp³-hybridized carbons (Fsp3) is 0.636. The van der Waals surface area contributed by atoms with Crippen molar-refractivity contribution in [3.63, 3.8) is 0 Å². The Morgan fingerprint density at radius 3 is 3.00 bits per heavy atom. The van der Waals surface area contributed by atoms with E-state index in [4.69, 9.17) is 5.41 Å². The van der Waals surface area contributed by atoms with Crippen molar-refractivity contribution in [1.82, 2.24) is 5.32 Å². The quantitative estimate of drug-likeness (QED) is 0.658. The number of ketones is 1. The molecule has 0 bridgehead atoms. The van der Waals surface area contributed by atoms with Crippen LogP contribution in [0.2, 0.25) is 0 Å². The normalized spacial score (nSPS) is 20.2. The first-order chi connectivity index (χ1) is 6.75. The van der Waals surface area contributed by atoms with Gasteiger partial charge in [0.2, 0.25) is 0 Å². The zero-order chi connectivity index (χ0) is 10.4. The molecule has 0 spiro atoms. The van der Waals surface area contributed by atoms with Gasteiger partial charge in [-0.2, -0.15) is 0 Å². The Kier molecular flexibility index (Phi) is 4.36. The van der Waals surface area contributed by atoms with E-state index < -0.39 is 0 Å². The Morgan fingerprint density at radius 1 is 1.64 bits per heavy atom. The van der Waals surface area contributed by atoms with Crippen molar-refractivity contribution in [2.75, 3.05) is 0 Å². The third-order valence-electron chi connectivity index (χ3n) is 2.43. The minimum Gasteiger partial charge on any atom is -0.381 e. The molecular weight excluding hydrogens is 176 g/mol. The number of rotatable bonds is 5. The summed E-state index contributed by atoms with van der Waals surface area (Å²) >= 11 is 0. The van der Waals surface area contributed by atoms with Crippen molar-refractivity contribution in [3.05, 3.63) is 12.3 Å². The molecule has 0 amide bonds. The summed E-state index contributed by atoms with van der Waals surface area (Å²) in [6, 6.07) is -0.149. The monoisotopic (exact) mass is 194 g/mol. The Labute approximate surface area is 85.1 Å². The van der Waals surface area contributed by atoms with E-state index in [0.29, 0.717) is 6.42 Å². The Balaban J connectivity index is 2.39. The minimum atomic E-state index is -0.149. The lowest BCUT2D eigenvalue weighted by Gasteiger charge is -2.18. The van der Waals surface area contributed by atoms with Gasteiger partial charge in [-0.25, -0.2) is 0 Å². The number of hydrogen-bond acceptors (Lipinski definition) is 3. The number of hydrogen-bond donors (Lipinski definition) is 2. The Hall–Kier alpha value is -1.12. The molecule has 1 unspecified atom stereocenters. The van der Waals surface area contributed by atoms with Gasteiger partial charge < -0.3 is 10.7 Å². The van der Waals surface area contributed by atoms with Crippen LogP contribution in [0.25, 0.3) is 0 Å². The van der Waals surface area contributed by atoms with Crippen LogP contribution >= 0.6 is 0 Å². The molecular formula is C11H18N2O. The lowest BCUT2D eigenvalue weighted by atomic mass is 9.98. The number of allylic oxidation sites excluding steroid dienone is 1. The van der Waals surface area contributed by atoms with E-state index in [1.165, 1.54) is 0 Å². The van der Waals surface area contributed by atoms with E-state index in [0.717, 1.165) is 25.7 Å². The van der Waals surface area contributed by atoms with Crippen LogP contribution in [0.4, 0.5) is 0 Å². The highest BCUT2D eigenvalue weighted by molar-refractivity contribution is 6.40. The molecule has 0 saturated heterocycles. The first-order valence-electron chi connectivity index (χ1n) is 5.28. The largest absolute Gasteiger partial charge is 0.381 e. The van der Waals surface area contributed by atoms with Gasteiger partial charge in [-0.1, -0.05) is 19.4 Å². The van der Waals surface area contributed by atoms with Crippen molar-refractivity contribution in [2.24, 2.45) is 0 Å². The molecule has 0 aromatic heterocycles. The highest BCUT2D eigenvalue weighted by atomic mass is 16.1. The first kappa shape index (κ1) is 11.0. The van der Waals surface area contributed by atoms with E-state index in [2.05, 4.69) is 12.2 Å². The van der Waals surface area contributed by atoms with Crippen molar-refractivity contribution >= 4 is 11.5 Å². The molecule has 78 valence electrons. The van der Waals surface area contributed by atoms with Crippen LogP contribution in [-0.2, 0) is 4.79 Å². The second-order valence-corrected chi connectivity index (χ2v) is 3.65. The Morgan fingerprint density at radius 2 is 2.43 bits per heavy atom. The summed E-state index contributed by atoms with van der Waals surface area (Å²) in [6.45, 7) is 2.07. The number of nitrogens with one attached hydrogen (secondary N) is 2. The molecule has 0 aliphatic carbocycles. The molecule has 3 nitrogen and oxygen atoms in total. The van der Waals surface area contributed by atoms with Crippen LogP contribution in [0.3, 0.4) is 0 Å². The van der Waals surface area contributed by atoms with Gasteiger partial charge in [0.15, 0.2) is 5.78 Å². The SMILES string of the molecule is CCCCC(=N)C(=O)C1CCC=CN1. The van der Waals surface area contributed by atoms with Gasteiger partial charge in [0, 0.05) is 0 Å². The van der Waals surface area contributed by atoms with E-state index >= 15 is 0 Å². The third-order valence-corrected chi connectivity index (χ3v) is 2.43. The van der Waals surface area contributed by atoms with E-state index in [1.807, 2.05) is 12.3 Å². The van der Waals surface area contributed by atoms with Crippen LogP contribution in [0.5, 0.6) is 0 Å². The Bertz CT molecular complexity index is 246. The van der Waals surface area contributed by atoms with Gasteiger partial charge in [-0.05, 0) is 31.9 Å². The molecule has 1 heterocycles. The lowest BCUT2D eigenvalue weighted by Crippen LogP contribution is -2.39. The molecule has 1 aliphatic heterocycles. The molecule has 0 saturated carbocycles. The zero-order valence-corrected chi connectivity index (χ0v) is 8.68. The van der Waals surface area contributed by atoms with Crippen LogP contribution in [0, 0.1) is 5.41 Å². The molecule has 3 heteroatoms. The smallest absolute Gasteiger partial charge is 0.198 e. The first-order valence-corrected chi connectivity index (χ1v) is 5.28. The second-order valence-electron chi connectivity index (χ2n) is 3.65. The summed E-state index contributed by atoms with van der Waals surface area (Å²) in [5, 5.41) is 10.6. The second kappa shape index (κ2) is 5.58. The highest BCUT2D eigenvalue weighted by Crippen LogP contribution is 2.07. The average Bonchev–Trinajstić information content (AvgIpc) is 2.26. The zero-order valence-electron chi connectivity index (χ0n) is 8.68. The minimum absolute atomic E-state index is 0.0252. The maximum Gasteiger partial charge on any atom is 0.198 e. The molecule has 0 aromatic rings. The number of Topliss-reactive ketones (excluding diaryl/α,β-unsaturated/α-hetero) is 1. The van der Waals surface area contributed by atoms with Gasteiger partial charge in [-0.3, -0.25) is 4.79 Å². The number of carbonyl (C=O) groups excluding carboxylic acids is 1. The predicted octanol–water partition coefficient (Wildman–Crippen LogP) is 2.03. The van der Waals surface area contributed by atoms with Gasteiger partial charge in [0.1, 0.15) is 0 Å². The van der Waals surface area contributed by atoms with E-state index in [-0.39, 0.29) is 17.5 Å². The van der Waals surface area contributed by atoms with Crippen LogP contribution in [-0.4, -0.2) is 17.5 Å². The summed E-state index contributed by atoms with van der Waals surface area (Å²) in [6.07, 6.45) is 8.19. The average molecular weight is 194 g/mol. The molecule has 2 N–H and O–H groups in total. The number of carbonyl (C=O) groups is 1. The van der Waals surface area contributed by atoms with Crippen molar-refractivity contribution < 1.29 is 4.79 Å². The summed E-state index contributed by atoms with van der Waals surface area (Å²) in [5.41, 5.74) is 0.277. The van der Waals surface area contributed by atoms with Crippen LogP contribution < -0.4 is 5.32 Å². The molecule has 0 aromatic carbocycles. The van der Waals surface area contributed by atoms with Gasteiger partial charge in [0.05, 0.1) is 11.8 Å². The third kappa shape index (κ3) is 2.98. The maximum absolute atomic E-state index is 11.7. The van der Waals surface area contributed by atoms with Gasteiger partial charge >= 0.3 is 0 Å². The predicted molar refractivity (Wildman–Crippen MR) is 57.6 cm³/mol. The fourth-order valence-corrected chi connectivity index (χ4v) is 1.51. The van der Waals surface area contributed by atoms with Gasteiger partial charge in [-0.15, -0.1) is 0 Å². The van der Waals surface area contributed by atoms with Crippen LogP contribution in [0.1, 0.15) is 39.0 Å². The summed E-state index contributed by atoms with van der Waals surface area (Å²) < 4.78 is 0. The van der Waals surface area contributed by atoms with Crippen molar-refractivity contribution in [3.8, 4) is 0 Å². The highest BCUT2D eigenvalue weighted by Gasteiger charge is 2.21. The van der Waals surface area contributed by atoms with Gasteiger partial charge in [0.25, 0.3) is 0 Å². The molecule has 1 atom stereocenters. The standard InChI is InChI=1S/C11H18N2O/c1-2-3-6-9(12)11(14)10-7-4-5-8-13-10/h5,8,10,12-13H,2-4,6-7H2,1H3. The lowest BCUT2D eigenvalue weighted by molar-refractivity contribution is -0.115. The molecule has 14 heavy (non-hydrogen) atoms. The summed E-state index contributed by atoms with van der Waals surface area (Å²) in [5.74, 6) is -0.0252. The molecule has 1 rings (SSSR count). The van der Waals surface area contributed by atoms with E-state index in [9.17, 15) is 4.79 Å². The summed E-state index contributed by atoms with van der Waals surface area (Å²) in [7, 11) is 0.